The number of hydrogen-bond donors (Lipinski definition) is 0. The first kappa shape index (κ1) is 15.6. The van der Waals surface area contributed by atoms with E-state index in [0.29, 0.717) is 37.7 Å². The molecule has 0 aromatic carbocycles. The van der Waals surface area contributed by atoms with Gasteiger partial charge in [0, 0.05) is 37.3 Å². The summed E-state index contributed by atoms with van der Waals surface area (Å²) in [5, 5.41) is 3.95. The molecule has 2 atom stereocenters. The highest BCUT2D eigenvalue weighted by Gasteiger charge is 2.27. The topological polar surface area (TPSA) is 81.4 Å². The maximum absolute atomic E-state index is 12.4. The van der Waals surface area contributed by atoms with Gasteiger partial charge in [0.05, 0.1) is 18.8 Å². The fourth-order valence-corrected chi connectivity index (χ4v) is 2.58. The van der Waals surface area contributed by atoms with E-state index in [1.54, 1.807) is 12.4 Å². The zero-order chi connectivity index (χ0) is 16.2. The molecule has 7 heteroatoms. The Morgan fingerprint density at radius 2 is 2.13 bits per heavy atom. The summed E-state index contributed by atoms with van der Waals surface area (Å²) in [6.07, 6.45) is 4.23. The van der Waals surface area contributed by atoms with Gasteiger partial charge in [-0.1, -0.05) is 5.16 Å². The highest BCUT2D eigenvalue weighted by molar-refractivity contribution is 5.76. The minimum absolute atomic E-state index is 0.0804. The molecule has 0 unspecified atom stereocenters. The van der Waals surface area contributed by atoms with Crippen LogP contribution in [0.4, 0.5) is 0 Å². The lowest BCUT2D eigenvalue weighted by atomic mass is 10.1. The molecule has 0 aliphatic carbocycles. The van der Waals surface area contributed by atoms with E-state index >= 15 is 0 Å². The van der Waals surface area contributed by atoms with Crippen molar-refractivity contribution in [3.05, 3.63) is 30.4 Å². The lowest BCUT2D eigenvalue weighted by molar-refractivity contribution is -0.143. The summed E-state index contributed by atoms with van der Waals surface area (Å²) < 4.78 is 10.8. The summed E-state index contributed by atoms with van der Waals surface area (Å²) in [5.74, 6) is 1.08. The number of carbonyl (C=O) groups excluding carboxylic acids is 1. The maximum Gasteiger partial charge on any atom is 0.227 e. The second-order valence-corrected chi connectivity index (χ2v) is 5.79. The molecule has 1 aliphatic rings. The average Bonchev–Trinajstić information content (AvgIpc) is 3.05. The molecular weight excluding hydrogens is 296 g/mol. The van der Waals surface area contributed by atoms with E-state index in [9.17, 15) is 4.79 Å². The largest absolute Gasteiger partial charge is 0.375 e. The van der Waals surface area contributed by atoms with E-state index in [4.69, 9.17) is 9.26 Å². The highest BCUT2D eigenvalue weighted by atomic mass is 16.5. The van der Waals surface area contributed by atoms with Crippen LogP contribution < -0.4 is 0 Å². The first-order valence-corrected chi connectivity index (χ1v) is 7.77. The van der Waals surface area contributed by atoms with Crippen LogP contribution >= 0.6 is 0 Å². The second-order valence-electron chi connectivity index (χ2n) is 5.79. The van der Waals surface area contributed by atoms with Gasteiger partial charge in [0.1, 0.15) is 0 Å². The summed E-state index contributed by atoms with van der Waals surface area (Å²) >= 11 is 0. The molecule has 1 saturated heterocycles. The van der Waals surface area contributed by atoms with Crippen molar-refractivity contribution < 1.29 is 14.1 Å². The van der Waals surface area contributed by atoms with Crippen molar-refractivity contribution in [3.63, 3.8) is 0 Å². The van der Waals surface area contributed by atoms with Crippen LogP contribution in [0.15, 0.2) is 29.0 Å². The molecule has 1 amide bonds. The van der Waals surface area contributed by atoms with Crippen LogP contribution in [0.25, 0.3) is 11.4 Å². The van der Waals surface area contributed by atoms with Crippen molar-refractivity contribution in [1.82, 2.24) is 20.0 Å². The van der Waals surface area contributed by atoms with Gasteiger partial charge in [-0.3, -0.25) is 9.78 Å². The van der Waals surface area contributed by atoms with E-state index in [1.807, 2.05) is 30.9 Å². The minimum atomic E-state index is 0.0804. The highest BCUT2D eigenvalue weighted by Crippen LogP contribution is 2.16. The van der Waals surface area contributed by atoms with Crippen molar-refractivity contribution in [2.24, 2.45) is 0 Å². The van der Waals surface area contributed by atoms with Crippen LogP contribution in [-0.4, -0.2) is 51.2 Å². The van der Waals surface area contributed by atoms with Crippen molar-refractivity contribution in [2.45, 2.75) is 38.8 Å². The maximum atomic E-state index is 12.4. The predicted octanol–water partition coefficient (Wildman–Crippen LogP) is 1.70. The molecule has 2 aromatic heterocycles. The van der Waals surface area contributed by atoms with Crippen LogP contribution in [0.2, 0.25) is 0 Å². The van der Waals surface area contributed by atoms with Crippen molar-refractivity contribution in [1.29, 1.82) is 0 Å². The number of hydrogen-bond acceptors (Lipinski definition) is 6. The number of morpholine rings is 1. The van der Waals surface area contributed by atoms with Gasteiger partial charge in [-0.25, -0.2) is 0 Å². The zero-order valence-electron chi connectivity index (χ0n) is 13.3. The number of rotatable bonds is 4. The molecular formula is C16H20N4O3. The standard InChI is InChI=1S/C16H20N4O3/c1-11-10-22-12(2)9-20(11)15(21)4-3-14-18-16(19-23-14)13-5-7-17-8-6-13/h5-8,11-12H,3-4,9-10H2,1-2H3/t11-,12+/m0/s1. The van der Waals surface area contributed by atoms with Gasteiger partial charge in [-0.2, -0.15) is 4.98 Å². The van der Waals surface area contributed by atoms with Crippen LogP contribution in [0.1, 0.15) is 26.2 Å². The van der Waals surface area contributed by atoms with E-state index in [2.05, 4.69) is 15.1 Å². The molecule has 0 N–H and O–H groups in total. The second kappa shape index (κ2) is 6.87. The Hall–Kier alpha value is -2.28. The Labute approximate surface area is 134 Å². The van der Waals surface area contributed by atoms with Crippen LogP contribution in [-0.2, 0) is 16.0 Å². The van der Waals surface area contributed by atoms with E-state index in [0.717, 1.165) is 5.56 Å². The first-order chi connectivity index (χ1) is 11.1. The Morgan fingerprint density at radius 1 is 1.35 bits per heavy atom. The predicted molar refractivity (Wildman–Crippen MR) is 82.4 cm³/mol. The van der Waals surface area contributed by atoms with Gasteiger partial charge < -0.3 is 14.2 Å². The van der Waals surface area contributed by atoms with Gasteiger partial charge in [-0.15, -0.1) is 0 Å². The monoisotopic (exact) mass is 316 g/mol. The van der Waals surface area contributed by atoms with E-state index in [-0.39, 0.29) is 18.1 Å². The van der Waals surface area contributed by atoms with E-state index < -0.39 is 0 Å². The number of ether oxygens (including phenoxy) is 1. The Morgan fingerprint density at radius 3 is 2.91 bits per heavy atom. The SMILES string of the molecule is C[C@@H]1CN(C(=O)CCc2nc(-c3ccncc3)no2)[C@@H](C)CO1. The lowest BCUT2D eigenvalue weighted by Gasteiger charge is -2.36. The first-order valence-electron chi connectivity index (χ1n) is 7.77. The molecule has 7 nitrogen and oxygen atoms in total. The number of pyridine rings is 1. The molecule has 2 aromatic rings. The summed E-state index contributed by atoms with van der Waals surface area (Å²) in [5.41, 5.74) is 0.844. The van der Waals surface area contributed by atoms with Gasteiger partial charge >= 0.3 is 0 Å². The summed E-state index contributed by atoms with van der Waals surface area (Å²) in [6, 6.07) is 3.74. The number of aromatic nitrogens is 3. The number of nitrogens with zero attached hydrogens (tertiary/aromatic N) is 4. The Kier molecular flexibility index (Phi) is 4.66. The van der Waals surface area contributed by atoms with Gasteiger partial charge in [0.15, 0.2) is 0 Å². The molecule has 3 rings (SSSR count). The average molecular weight is 316 g/mol. The van der Waals surface area contributed by atoms with Gasteiger partial charge in [0.25, 0.3) is 0 Å². The normalized spacial score (nSPS) is 21.4. The number of amides is 1. The van der Waals surface area contributed by atoms with Crippen molar-refractivity contribution >= 4 is 5.91 Å². The van der Waals surface area contributed by atoms with E-state index in [1.165, 1.54) is 0 Å². The fraction of sp³-hybridized carbons (Fsp3) is 0.500. The van der Waals surface area contributed by atoms with Crippen LogP contribution in [0.5, 0.6) is 0 Å². The number of carbonyl (C=O) groups is 1. The zero-order valence-corrected chi connectivity index (χ0v) is 13.3. The molecule has 1 aliphatic heterocycles. The molecule has 122 valence electrons. The Balaban J connectivity index is 1.58. The number of aryl methyl sites for hydroxylation is 1. The Bertz CT molecular complexity index is 658. The molecule has 1 fully saturated rings. The third-order valence-electron chi connectivity index (χ3n) is 3.89. The molecule has 3 heterocycles. The quantitative estimate of drug-likeness (QED) is 0.854. The third kappa shape index (κ3) is 3.73. The van der Waals surface area contributed by atoms with Gasteiger partial charge in [0.2, 0.25) is 17.6 Å². The fourth-order valence-electron chi connectivity index (χ4n) is 2.58. The van der Waals surface area contributed by atoms with Crippen LogP contribution in [0, 0.1) is 0 Å². The summed E-state index contributed by atoms with van der Waals surface area (Å²) in [7, 11) is 0. The smallest absolute Gasteiger partial charge is 0.227 e. The van der Waals surface area contributed by atoms with Crippen LogP contribution in [0.3, 0.4) is 0 Å². The van der Waals surface area contributed by atoms with Gasteiger partial charge in [-0.05, 0) is 26.0 Å². The minimum Gasteiger partial charge on any atom is -0.375 e. The molecule has 0 spiro atoms. The molecule has 0 saturated carbocycles. The summed E-state index contributed by atoms with van der Waals surface area (Å²) in [4.78, 5) is 22.5. The lowest BCUT2D eigenvalue weighted by Crippen LogP contribution is -2.50. The molecule has 0 bridgehead atoms. The summed E-state index contributed by atoms with van der Waals surface area (Å²) in [6.45, 7) is 5.19. The van der Waals surface area contributed by atoms with Crippen molar-refractivity contribution in [3.8, 4) is 11.4 Å². The molecule has 0 radical (unpaired) electrons. The molecule has 23 heavy (non-hydrogen) atoms. The van der Waals surface area contributed by atoms with Crippen molar-refractivity contribution in [2.75, 3.05) is 13.2 Å². The third-order valence-corrected chi connectivity index (χ3v) is 3.89.